The van der Waals surface area contributed by atoms with Crippen LogP contribution in [-0.4, -0.2) is 38.1 Å². The summed E-state index contributed by atoms with van der Waals surface area (Å²) in [4.78, 5) is 1.21. The smallest absolute Gasteiger partial charge is 0.0931 e. The van der Waals surface area contributed by atoms with E-state index >= 15 is 0 Å². The van der Waals surface area contributed by atoms with E-state index in [0.717, 1.165) is 4.34 Å². The van der Waals surface area contributed by atoms with Gasteiger partial charge in [-0.15, -0.1) is 11.3 Å². The van der Waals surface area contributed by atoms with Crippen LogP contribution in [-0.2, 0) is 14.9 Å². The summed E-state index contributed by atoms with van der Waals surface area (Å²) >= 11 is 7.57. The summed E-state index contributed by atoms with van der Waals surface area (Å²) in [5.41, 5.74) is -0.253. The molecule has 16 heavy (non-hydrogen) atoms. The van der Waals surface area contributed by atoms with Gasteiger partial charge in [-0.3, -0.25) is 0 Å². The van der Waals surface area contributed by atoms with Crippen LogP contribution >= 0.6 is 22.9 Å². The fourth-order valence-corrected chi connectivity index (χ4v) is 3.78. The average Bonchev–Trinajstić information content (AvgIpc) is 2.55. The molecule has 0 unspecified atom stereocenters. The van der Waals surface area contributed by atoms with Gasteiger partial charge in [0.25, 0.3) is 0 Å². The Hall–Kier alpha value is -0.130. The van der Waals surface area contributed by atoms with Crippen LogP contribution in [0.4, 0.5) is 0 Å². The Bertz CT molecular complexity index is 390. The molecule has 1 N–H and O–H groups in total. The molecule has 2 saturated heterocycles. The van der Waals surface area contributed by atoms with Gasteiger partial charge in [-0.1, -0.05) is 11.6 Å². The van der Waals surface area contributed by atoms with Crippen molar-refractivity contribution in [2.45, 2.75) is 5.41 Å². The van der Waals surface area contributed by atoms with Crippen LogP contribution < -0.4 is 0 Å². The lowest BCUT2D eigenvalue weighted by molar-refractivity contribution is -0.241. The second-order valence-corrected chi connectivity index (χ2v) is 6.32. The van der Waals surface area contributed by atoms with E-state index < -0.39 is 0 Å². The number of hydrogen-bond acceptors (Lipinski definition) is 4. The van der Waals surface area contributed by atoms with E-state index in [1.165, 1.54) is 4.88 Å². The van der Waals surface area contributed by atoms with Gasteiger partial charge in [-0.2, -0.15) is 0 Å². The molecule has 0 spiro atoms. The summed E-state index contributed by atoms with van der Waals surface area (Å²) in [6, 6.07) is 3.96. The monoisotopic (exact) mass is 260 g/mol. The lowest BCUT2D eigenvalue weighted by Crippen LogP contribution is -2.68. The van der Waals surface area contributed by atoms with Crippen LogP contribution in [0, 0.1) is 5.41 Å². The van der Waals surface area contributed by atoms with Crippen molar-refractivity contribution in [2.75, 3.05) is 33.0 Å². The highest BCUT2D eigenvalue weighted by Crippen LogP contribution is 2.53. The number of aliphatic hydroxyl groups is 1. The predicted molar refractivity (Wildman–Crippen MR) is 62.2 cm³/mol. The average molecular weight is 261 g/mol. The Balaban J connectivity index is 1.99. The molecule has 1 aromatic heterocycles. The normalized spacial score (nSPS) is 25.9. The van der Waals surface area contributed by atoms with Gasteiger partial charge in [0, 0.05) is 4.88 Å². The molecule has 0 amide bonds. The second kappa shape index (κ2) is 3.68. The second-order valence-electron chi connectivity index (χ2n) is 4.61. The first kappa shape index (κ1) is 11.0. The van der Waals surface area contributed by atoms with E-state index in [1.54, 1.807) is 11.3 Å². The highest BCUT2D eigenvalue weighted by Gasteiger charge is 2.61. The zero-order chi connectivity index (χ0) is 11.2. The van der Waals surface area contributed by atoms with Gasteiger partial charge in [-0.05, 0) is 12.1 Å². The number of aliphatic hydroxyl groups excluding tert-OH is 1. The third-order valence-corrected chi connectivity index (χ3v) is 5.25. The van der Waals surface area contributed by atoms with E-state index in [0.29, 0.717) is 26.4 Å². The summed E-state index contributed by atoms with van der Waals surface area (Å²) in [7, 11) is 0. The quantitative estimate of drug-likeness (QED) is 0.899. The Morgan fingerprint density at radius 2 is 1.94 bits per heavy atom. The Morgan fingerprint density at radius 1 is 1.25 bits per heavy atom. The highest BCUT2D eigenvalue weighted by molar-refractivity contribution is 7.16. The van der Waals surface area contributed by atoms with E-state index in [2.05, 4.69) is 0 Å². The zero-order valence-electron chi connectivity index (χ0n) is 8.74. The van der Waals surface area contributed by atoms with Gasteiger partial charge in [0.1, 0.15) is 0 Å². The predicted octanol–water partition coefficient (Wildman–Crippen LogP) is 1.68. The van der Waals surface area contributed by atoms with Gasteiger partial charge < -0.3 is 14.6 Å². The molecule has 3 rings (SSSR count). The fourth-order valence-electron chi connectivity index (χ4n) is 2.45. The van der Waals surface area contributed by atoms with Crippen LogP contribution in [0.25, 0.3) is 0 Å². The zero-order valence-corrected chi connectivity index (χ0v) is 10.3. The molecular formula is C11H13ClO3S. The first-order valence-corrected chi connectivity index (χ1v) is 6.44. The van der Waals surface area contributed by atoms with Crippen LogP contribution in [0.15, 0.2) is 12.1 Å². The van der Waals surface area contributed by atoms with Crippen molar-refractivity contribution >= 4 is 22.9 Å². The van der Waals surface area contributed by atoms with Gasteiger partial charge in [0.15, 0.2) is 0 Å². The Kier molecular flexibility index (Phi) is 2.53. The van der Waals surface area contributed by atoms with Crippen molar-refractivity contribution in [1.82, 2.24) is 0 Å². The molecule has 1 aromatic rings. The molecule has 88 valence electrons. The molecule has 5 heteroatoms. The number of ether oxygens (including phenoxy) is 2. The summed E-state index contributed by atoms with van der Waals surface area (Å²) in [6.45, 7) is 2.69. The van der Waals surface area contributed by atoms with E-state index in [-0.39, 0.29) is 17.4 Å². The van der Waals surface area contributed by atoms with Crippen molar-refractivity contribution in [1.29, 1.82) is 0 Å². The number of hydrogen-bond donors (Lipinski definition) is 1. The summed E-state index contributed by atoms with van der Waals surface area (Å²) in [5.74, 6) is 0. The minimum atomic E-state index is -0.167. The van der Waals surface area contributed by atoms with E-state index in [1.807, 2.05) is 12.1 Å². The molecule has 2 aliphatic heterocycles. The number of halogens is 1. The molecule has 2 fully saturated rings. The third-order valence-electron chi connectivity index (χ3n) is 3.82. The van der Waals surface area contributed by atoms with Crippen LogP contribution in [0.5, 0.6) is 0 Å². The minimum Gasteiger partial charge on any atom is -0.396 e. The van der Waals surface area contributed by atoms with Crippen LogP contribution in [0.2, 0.25) is 4.34 Å². The minimum absolute atomic E-state index is 0.0855. The van der Waals surface area contributed by atoms with Crippen molar-refractivity contribution in [2.24, 2.45) is 5.41 Å². The Labute approximate surface area is 103 Å². The molecule has 0 bridgehead atoms. The molecule has 2 aliphatic rings. The molecular weight excluding hydrogens is 248 g/mol. The maximum atomic E-state index is 9.64. The summed E-state index contributed by atoms with van der Waals surface area (Å²) < 4.78 is 11.5. The highest BCUT2D eigenvalue weighted by atomic mass is 35.5. The molecule has 0 aliphatic carbocycles. The van der Waals surface area contributed by atoms with Crippen molar-refractivity contribution in [3.8, 4) is 0 Å². The lowest BCUT2D eigenvalue weighted by atomic mass is 9.60. The number of rotatable bonds is 3. The maximum Gasteiger partial charge on any atom is 0.0931 e. The first-order chi connectivity index (χ1) is 7.72. The topological polar surface area (TPSA) is 38.7 Å². The van der Waals surface area contributed by atoms with Gasteiger partial charge in [-0.25, -0.2) is 0 Å². The molecule has 0 aromatic carbocycles. The molecule has 0 atom stereocenters. The van der Waals surface area contributed by atoms with E-state index in [9.17, 15) is 5.11 Å². The largest absolute Gasteiger partial charge is 0.396 e. The van der Waals surface area contributed by atoms with Gasteiger partial charge in [0.2, 0.25) is 0 Å². The molecule has 0 saturated carbocycles. The molecule has 3 nitrogen and oxygen atoms in total. The van der Waals surface area contributed by atoms with Gasteiger partial charge >= 0.3 is 0 Å². The molecule has 0 radical (unpaired) electrons. The van der Waals surface area contributed by atoms with E-state index in [4.69, 9.17) is 21.1 Å². The van der Waals surface area contributed by atoms with Crippen molar-refractivity contribution in [3.05, 3.63) is 21.3 Å². The van der Waals surface area contributed by atoms with Crippen molar-refractivity contribution in [3.63, 3.8) is 0 Å². The lowest BCUT2D eigenvalue weighted by Gasteiger charge is -2.58. The first-order valence-electron chi connectivity index (χ1n) is 5.25. The maximum absolute atomic E-state index is 9.64. The Morgan fingerprint density at radius 3 is 2.25 bits per heavy atom. The molecule has 3 heterocycles. The van der Waals surface area contributed by atoms with Crippen LogP contribution in [0.1, 0.15) is 4.88 Å². The summed E-state index contributed by atoms with van der Waals surface area (Å²) in [5, 5.41) is 9.64. The van der Waals surface area contributed by atoms with Crippen LogP contribution in [0.3, 0.4) is 0 Å². The third kappa shape index (κ3) is 1.25. The van der Waals surface area contributed by atoms with Gasteiger partial charge in [0.05, 0.1) is 48.2 Å². The standard InChI is InChI=1S/C11H13ClO3S/c12-9-2-1-8(16-9)11(6-15-7-11)10(3-13)4-14-5-10/h1-2,13H,3-7H2. The number of thiophene rings is 1. The fraction of sp³-hybridized carbons (Fsp3) is 0.636. The summed E-state index contributed by atoms with van der Waals surface area (Å²) in [6.07, 6.45) is 0. The SMILES string of the molecule is OCC1(C2(c3ccc(Cl)s3)COC2)COC1. The van der Waals surface area contributed by atoms with Crippen molar-refractivity contribution < 1.29 is 14.6 Å².